The van der Waals surface area contributed by atoms with Crippen LogP contribution in [0.15, 0.2) is 79.0 Å². The molecule has 162 valence electrons. The number of aryl methyl sites for hydroxylation is 1. The molecule has 0 saturated carbocycles. The topological polar surface area (TPSA) is 63.2 Å². The molecule has 2 heterocycles. The lowest BCUT2D eigenvalue weighted by Gasteiger charge is -2.22. The van der Waals surface area contributed by atoms with Crippen molar-refractivity contribution < 1.29 is 9.53 Å². The van der Waals surface area contributed by atoms with E-state index >= 15 is 0 Å². The Kier molecular flexibility index (Phi) is 6.52. The van der Waals surface area contributed by atoms with Gasteiger partial charge in [0.1, 0.15) is 10.8 Å². The van der Waals surface area contributed by atoms with E-state index < -0.39 is 0 Å². The average molecular weight is 444 g/mol. The zero-order chi connectivity index (χ0) is 22.5. The Morgan fingerprint density at radius 2 is 1.78 bits per heavy atom. The van der Waals surface area contributed by atoms with Crippen LogP contribution in [0.3, 0.4) is 0 Å². The van der Waals surface area contributed by atoms with Crippen LogP contribution in [0.5, 0.6) is 5.75 Å². The highest BCUT2D eigenvalue weighted by molar-refractivity contribution is 7.16. The summed E-state index contributed by atoms with van der Waals surface area (Å²) in [5.74, 6) is 0.639. The summed E-state index contributed by atoms with van der Waals surface area (Å²) in [5.41, 5.74) is 4.54. The molecule has 0 bridgehead atoms. The molecule has 1 amide bonds. The fourth-order valence-electron chi connectivity index (χ4n) is 3.57. The lowest BCUT2D eigenvalue weighted by atomic mass is 9.99. The van der Waals surface area contributed by atoms with Gasteiger partial charge in [-0.3, -0.25) is 9.78 Å². The number of aromatic nitrogens is 1. The van der Waals surface area contributed by atoms with Crippen molar-refractivity contribution in [2.24, 2.45) is 0 Å². The SMILES string of the molecule is COc1cccc(N[C@H](c2ccccn2)c2c(NC(=O)c3ccccc3)sc(C)c2C)c1. The highest BCUT2D eigenvalue weighted by Crippen LogP contribution is 2.40. The van der Waals surface area contributed by atoms with E-state index in [9.17, 15) is 4.79 Å². The molecular formula is C26H25N3O2S. The molecule has 4 rings (SSSR count). The van der Waals surface area contributed by atoms with Crippen molar-refractivity contribution in [2.45, 2.75) is 19.9 Å². The smallest absolute Gasteiger partial charge is 0.256 e. The average Bonchev–Trinajstić information content (AvgIpc) is 3.11. The molecule has 32 heavy (non-hydrogen) atoms. The van der Waals surface area contributed by atoms with Crippen LogP contribution >= 0.6 is 11.3 Å². The van der Waals surface area contributed by atoms with Gasteiger partial charge in [-0.15, -0.1) is 11.3 Å². The van der Waals surface area contributed by atoms with Gasteiger partial charge in [-0.05, 0) is 55.8 Å². The first kappa shape index (κ1) is 21.6. The summed E-state index contributed by atoms with van der Waals surface area (Å²) in [6.45, 7) is 4.16. The van der Waals surface area contributed by atoms with Gasteiger partial charge >= 0.3 is 0 Å². The van der Waals surface area contributed by atoms with Crippen molar-refractivity contribution in [3.63, 3.8) is 0 Å². The van der Waals surface area contributed by atoms with E-state index in [2.05, 4.69) is 29.5 Å². The van der Waals surface area contributed by atoms with Gasteiger partial charge < -0.3 is 15.4 Å². The highest BCUT2D eigenvalue weighted by Gasteiger charge is 2.25. The Balaban J connectivity index is 1.76. The highest BCUT2D eigenvalue weighted by atomic mass is 32.1. The van der Waals surface area contributed by atoms with Crippen molar-refractivity contribution in [3.05, 3.63) is 106 Å². The Morgan fingerprint density at radius 3 is 2.50 bits per heavy atom. The molecule has 2 aromatic heterocycles. The Morgan fingerprint density at radius 1 is 1.00 bits per heavy atom. The molecule has 0 saturated heterocycles. The number of thiophene rings is 1. The van der Waals surface area contributed by atoms with Crippen molar-refractivity contribution in [1.82, 2.24) is 4.98 Å². The number of carbonyl (C=O) groups is 1. The third kappa shape index (κ3) is 4.65. The maximum Gasteiger partial charge on any atom is 0.256 e. The fourth-order valence-corrected chi connectivity index (χ4v) is 4.66. The number of nitrogens with one attached hydrogen (secondary N) is 2. The minimum atomic E-state index is -0.251. The second-order valence-corrected chi connectivity index (χ2v) is 8.63. The molecule has 0 aliphatic heterocycles. The standard InChI is InChI=1S/C26H25N3O2S/c1-17-18(2)32-26(29-25(30)19-10-5-4-6-11-19)23(17)24(22-14-7-8-15-27-22)28-20-12-9-13-21(16-20)31-3/h4-16,24,28H,1-3H3,(H,29,30)/t24-/m1/s1. The Labute approximate surface area is 192 Å². The molecule has 0 unspecified atom stereocenters. The largest absolute Gasteiger partial charge is 0.497 e. The number of amides is 1. The minimum absolute atomic E-state index is 0.130. The van der Waals surface area contributed by atoms with Gasteiger partial charge in [-0.1, -0.05) is 30.3 Å². The van der Waals surface area contributed by atoms with Crippen LogP contribution in [0.1, 0.15) is 38.1 Å². The number of nitrogens with zero attached hydrogens (tertiary/aromatic N) is 1. The normalized spacial score (nSPS) is 11.6. The van der Waals surface area contributed by atoms with E-state index in [0.717, 1.165) is 38.1 Å². The van der Waals surface area contributed by atoms with Crippen molar-refractivity contribution in [3.8, 4) is 5.75 Å². The summed E-state index contributed by atoms with van der Waals surface area (Å²) >= 11 is 1.58. The number of anilines is 2. The summed E-state index contributed by atoms with van der Waals surface area (Å²) in [6, 6.07) is 22.7. The zero-order valence-corrected chi connectivity index (χ0v) is 19.1. The Hall–Kier alpha value is -3.64. The van der Waals surface area contributed by atoms with Gasteiger partial charge in [0.25, 0.3) is 5.91 Å². The molecule has 0 aliphatic rings. The van der Waals surface area contributed by atoms with Gasteiger partial charge in [-0.25, -0.2) is 0 Å². The monoisotopic (exact) mass is 443 g/mol. The third-order valence-corrected chi connectivity index (χ3v) is 6.49. The van der Waals surface area contributed by atoms with Crippen LogP contribution in [-0.2, 0) is 0 Å². The summed E-state index contributed by atoms with van der Waals surface area (Å²) in [7, 11) is 1.65. The van der Waals surface area contributed by atoms with Gasteiger partial charge in [0, 0.05) is 34.0 Å². The molecule has 0 spiro atoms. The van der Waals surface area contributed by atoms with E-state index in [0.29, 0.717) is 5.56 Å². The Bertz CT molecular complexity index is 1210. The van der Waals surface area contributed by atoms with Crippen molar-refractivity contribution in [1.29, 1.82) is 0 Å². The molecule has 0 radical (unpaired) electrons. The first-order valence-corrected chi connectivity index (χ1v) is 11.2. The quantitative estimate of drug-likeness (QED) is 0.356. The number of hydrogen-bond acceptors (Lipinski definition) is 5. The van der Waals surface area contributed by atoms with Gasteiger partial charge in [0.2, 0.25) is 0 Å². The second-order valence-electron chi connectivity index (χ2n) is 7.41. The third-order valence-electron chi connectivity index (χ3n) is 5.35. The summed E-state index contributed by atoms with van der Waals surface area (Å²) in [6.07, 6.45) is 1.78. The molecule has 1 atom stereocenters. The number of ether oxygens (including phenoxy) is 1. The van der Waals surface area contributed by atoms with Gasteiger partial charge in [0.05, 0.1) is 18.8 Å². The molecule has 5 nitrogen and oxygen atoms in total. The molecule has 6 heteroatoms. The van der Waals surface area contributed by atoms with Crippen LogP contribution in [-0.4, -0.2) is 18.0 Å². The maximum absolute atomic E-state index is 12.9. The summed E-state index contributed by atoms with van der Waals surface area (Å²) < 4.78 is 5.39. The van der Waals surface area contributed by atoms with Crippen LogP contribution in [0.25, 0.3) is 0 Å². The predicted molar refractivity (Wildman–Crippen MR) is 131 cm³/mol. The van der Waals surface area contributed by atoms with E-state index in [1.165, 1.54) is 0 Å². The number of methoxy groups -OCH3 is 1. The number of hydrogen-bond donors (Lipinski definition) is 2. The minimum Gasteiger partial charge on any atom is -0.497 e. The maximum atomic E-state index is 12.9. The van der Waals surface area contributed by atoms with Crippen LogP contribution < -0.4 is 15.4 Å². The first-order chi connectivity index (χ1) is 15.6. The molecular weight excluding hydrogens is 418 g/mol. The summed E-state index contributed by atoms with van der Waals surface area (Å²) in [4.78, 5) is 18.7. The molecule has 2 N–H and O–H groups in total. The van der Waals surface area contributed by atoms with Crippen LogP contribution in [0.4, 0.5) is 10.7 Å². The first-order valence-electron chi connectivity index (χ1n) is 10.3. The number of carbonyl (C=O) groups excluding carboxylic acids is 1. The van der Waals surface area contributed by atoms with Crippen LogP contribution in [0, 0.1) is 13.8 Å². The summed E-state index contributed by atoms with van der Waals surface area (Å²) in [5, 5.41) is 7.56. The zero-order valence-electron chi connectivity index (χ0n) is 18.3. The van der Waals surface area contributed by atoms with Crippen molar-refractivity contribution in [2.75, 3.05) is 17.7 Å². The number of pyridine rings is 1. The lowest BCUT2D eigenvalue weighted by molar-refractivity contribution is 0.102. The van der Waals surface area contributed by atoms with Gasteiger partial charge in [-0.2, -0.15) is 0 Å². The van der Waals surface area contributed by atoms with E-state index in [1.807, 2.05) is 72.8 Å². The van der Waals surface area contributed by atoms with Gasteiger partial charge in [0.15, 0.2) is 0 Å². The van der Waals surface area contributed by atoms with E-state index in [1.54, 1.807) is 24.6 Å². The van der Waals surface area contributed by atoms with E-state index in [-0.39, 0.29) is 11.9 Å². The molecule has 4 aromatic rings. The number of rotatable bonds is 7. The van der Waals surface area contributed by atoms with E-state index in [4.69, 9.17) is 4.74 Å². The molecule has 0 fully saturated rings. The molecule has 2 aromatic carbocycles. The predicted octanol–water partition coefficient (Wildman–Crippen LogP) is 6.22. The van der Waals surface area contributed by atoms with Crippen LogP contribution in [0.2, 0.25) is 0 Å². The second kappa shape index (κ2) is 9.66. The number of benzene rings is 2. The lowest BCUT2D eigenvalue weighted by Crippen LogP contribution is -2.18. The molecule has 0 aliphatic carbocycles. The fraction of sp³-hybridized carbons (Fsp3) is 0.154. The van der Waals surface area contributed by atoms with Crippen molar-refractivity contribution >= 4 is 27.9 Å².